The molecular formula is C5H9ClO5S2. The first-order chi connectivity index (χ1) is 5.76. The summed E-state index contributed by atoms with van der Waals surface area (Å²) in [5.41, 5.74) is 0. The molecule has 1 fully saturated rings. The molecule has 0 aromatic carbocycles. The van der Waals surface area contributed by atoms with Crippen molar-refractivity contribution in [1.82, 2.24) is 0 Å². The van der Waals surface area contributed by atoms with Gasteiger partial charge in [0, 0.05) is 17.8 Å². The molecule has 8 heteroatoms. The van der Waals surface area contributed by atoms with Crippen molar-refractivity contribution in [2.45, 2.75) is 11.4 Å². The SMILES string of the molecule is COC1CS(=O)(=O)CC1S(=O)(=O)Cl. The highest BCUT2D eigenvalue weighted by Crippen LogP contribution is 2.24. The summed E-state index contributed by atoms with van der Waals surface area (Å²) in [4.78, 5) is 0. The minimum absolute atomic E-state index is 0.278. The fourth-order valence-corrected chi connectivity index (χ4v) is 5.76. The van der Waals surface area contributed by atoms with E-state index in [9.17, 15) is 16.8 Å². The number of hydrogen-bond donors (Lipinski definition) is 0. The van der Waals surface area contributed by atoms with Crippen LogP contribution in [0.1, 0.15) is 0 Å². The van der Waals surface area contributed by atoms with E-state index in [-0.39, 0.29) is 5.75 Å². The molecule has 1 aliphatic rings. The second kappa shape index (κ2) is 3.38. The van der Waals surface area contributed by atoms with Crippen molar-refractivity contribution in [3.63, 3.8) is 0 Å². The Morgan fingerprint density at radius 1 is 1.38 bits per heavy atom. The molecular weight excluding hydrogens is 240 g/mol. The number of methoxy groups -OCH3 is 1. The highest BCUT2D eigenvalue weighted by Gasteiger charge is 2.44. The number of ether oxygens (including phenoxy) is 1. The summed E-state index contributed by atoms with van der Waals surface area (Å²) in [5.74, 6) is -0.725. The van der Waals surface area contributed by atoms with Gasteiger partial charge < -0.3 is 4.74 Å². The van der Waals surface area contributed by atoms with Gasteiger partial charge >= 0.3 is 0 Å². The Morgan fingerprint density at radius 2 is 1.92 bits per heavy atom. The Morgan fingerprint density at radius 3 is 2.23 bits per heavy atom. The fourth-order valence-electron chi connectivity index (χ4n) is 1.27. The molecule has 2 unspecified atom stereocenters. The monoisotopic (exact) mass is 248 g/mol. The molecule has 78 valence electrons. The van der Waals surface area contributed by atoms with Crippen LogP contribution in [-0.2, 0) is 23.6 Å². The summed E-state index contributed by atoms with van der Waals surface area (Å²) in [7, 11) is -0.863. The minimum atomic E-state index is -3.87. The maximum absolute atomic E-state index is 11.1. The molecule has 5 nitrogen and oxygen atoms in total. The normalized spacial score (nSPS) is 33.4. The Hall–Kier alpha value is 0.150. The highest BCUT2D eigenvalue weighted by atomic mass is 35.7. The molecule has 0 aromatic heterocycles. The molecule has 2 atom stereocenters. The number of hydrogen-bond acceptors (Lipinski definition) is 5. The zero-order valence-electron chi connectivity index (χ0n) is 6.80. The van der Waals surface area contributed by atoms with Crippen molar-refractivity contribution in [2.75, 3.05) is 18.6 Å². The second-order valence-corrected chi connectivity index (χ2v) is 7.87. The van der Waals surface area contributed by atoms with Crippen LogP contribution in [0.3, 0.4) is 0 Å². The molecule has 1 rings (SSSR count). The van der Waals surface area contributed by atoms with Gasteiger partial charge in [0.1, 0.15) is 5.25 Å². The third-order valence-corrected chi connectivity index (χ3v) is 5.71. The van der Waals surface area contributed by atoms with Gasteiger partial charge in [-0.1, -0.05) is 0 Å². The lowest BCUT2D eigenvalue weighted by Crippen LogP contribution is -2.31. The van der Waals surface area contributed by atoms with Gasteiger partial charge in [-0.3, -0.25) is 0 Å². The molecule has 0 radical (unpaired) electrons. The molecule has 0 saturated carbocycles. The van der Waals surface area contributed by atoms with Gasteiger partial charge in [-0.05, 0) is 0 Å². The van der Waals surface area contributed by atoms with E-state index in [0.717, 1.165) is 0 Å². The van der Waals surface area contributed by atoms with Crippen LogP contribution in [0.25, 0.3) is 0 Å². The van der Waals surface area contributed by atoms with Crippen LogP contribution in [-0.4, -0.2) is 46.8 Å². The first-order valence-electron chi connectivity index (χ1n) is 3.43. The maximum atomic E-state index is 11.1. The molecule has 0 aromatic rings. The van der Waals surface area contributed by atoms with Crippen molar-refractivity contribution in [1.29, 1.82) is 0 Å². The second-order valence-electron chi connectivity index (χ2n) is 2.87. The third kappa shape index (κ3) is 2.55. The highest BCUT2D eigenvalue weighted by molar-refractivity contribution is 8.15. The summed E-state index contributed by atoms with van der Waals surface area (Å²) in [5, 5.41) is -1.14. The standard InChI is InChI=1S/C5H9ClO5S2/c1-11-4-2-12(7,8)3-5(4)13(6,9)10/h4-5H,2-3H2,1H3. The molecule has 13 heavy (non-hydrogen) atoms. The third-order valence-electron chi connectivity index (χ3n) is 1.92. The van der Waals surface area contributed by atoms with Crippen LogP contribution in [0.15, 0.2) is 0 Å². The Labute approximate surface area is 81.4 Å². The average Bonchev–Trinajstić information content (AvgIpc) is 2.24. The number of rotatable bonds is 2. The summed E-state index contributed by atoms with van der Waals surface area (Å²) < 4.78 is 48.7. The van der Waals surface area contributed by atoms with Crippen molar-refractivity contribution >= 4 is 29.6 Å². The predicted molar refractivity (Wildman–Crippen MR) is 48.0 cm³/mol. The van der Waals surface area contributed by atoms with Gasteiger partial charge in [-0.15, -0.1) is 0 Å². The van der Waals surface area contributed by atoms with Crippen LogP contribution in [0, 0.1) is 0 Å². The van der Waals surface area contributed by atoms with Crippen molar-refractivity contribution in [3.8, 4) is 0 Å². The molecule has 0 amide bonds. The van der Waals surface area contributed by atoms with Crippen LogP contribution in [0.4, 0.5) is 0 Å². The van der Waals surface area contributed by atoms with E-state index in [1.807, 2.05) is 0 Å². The summed E-state index contributed by atoms with van der Waals surface area (Å²) in [6, 6.07) is 0. The number of halogens is 1. The van der Waals surface area contributed by atoms with Crippen molar-refractivity contribution < 1.29 is 21.6 Å². The lowest BCUT2D eigenvalue weighted by atomic mass is 10.3. The molecule has 1 aliphatic heterocycles. The first-order valence-corrected chi connectivity index (χ1v) is 7.62. The average molecular weight is 249 g/mol. The fraction of sp³-hybridized carbons (Fsp3) is 1.00. The van der Waals surface area contributed by atoms with E-state index >= 15 is 0 Å². The van der Waals surface area contributed by atoms with E-state index < -0.39 is 36.0 Å². The Balaban J connectivity index is 3.01. The van der Waals surface area contributed by atoms with Gasteiger partial charge in [0.15, 0.2) is 9.84 Å². The maximum Gasteiger partial charge on any atom is 0.239 e. The van der Waals surface area contributed by atoms with E-state index in [0.29, 0.717) is 0 Å². The number of sulfone groups is 1. The van der Waals surface area contributed by atoms with Gasteiger partial charge in [-0.25, -0.2) is 16.8 Å². The van der Waals surface area contributed by atoms with Crippen LogP contribution < -0.4 is 0 Å². The summed E-state index contributed by atoms with van der Waals surface area (Å²) in [6.45, 7) is 0. The lowest BCUT2D eigenvalue weighted by Gasteiger charge is -2.11. The molecule has 0 bridgehead atoms. The molecule has 0 spiro atoms. The van der Waals surface area contributed by atoms with E-state index in [2.05, 4.69) is 0 Å². The largest absolute Gasteiger partial charge is 0.379 e. The molecule has 1 saturated heterocycles. The smallest absolute Gasteiger partial charge is 0.239 e. The summed E-state index contributed by atoms with van der Waals surface area (Å²) in [6.07, 6.45) is -0.840. The summed E-state index contributed by atoms with van der Waals surface area (Å²) >= 11 is 0. The van der Waals surface area contributed by atoms with Gasteiger partial charge in [0.25, 0.3) is 0 Å². The molecule has 0 N–H and O–H groups in total. The van der Waals surface area contributed by atoms with E-state index in [1.54, 1.807) is 0 Å². The van der Waals surface area contributed by atoms with E-state index in [1.165, 1.54) is 7.11 Å². The zero-order chi connectivity index (χ0) is 10.3. The Kier molecular flexibility index (Phi) is 2.92. The minimum Gasteiger partial charge on any atom is -0.379 e. The van der Waals surface area contributed by atoms with Crippen molar-refractivity contribution in [3.05, 3.63) is 0 Å². The topological polar surface area (TPSA) is 77.5 Å². The van der Waals surface area contributed by atoms with Crippen LogP contribution >= 0.6 is 10.7 Å². The van der Waals surface area contributed by atoms with Crippen LogP contribution in [0.2, 0.25) is 0 Å². The first kappa shape index (κ1) is 11.2. The quantitative estimate of drug-likeness (QED) is 0.608. The van der Waals surface area contributed by atoms with Crippen molar-refractivity contribution in [2.24, 2.45) is 0 Å². The lowest BCUT2D eigenvalue weighted by molar-refractivity contribution is 0.126. The zero-order valence-corrected chi connectivity index (χ0v) is 9.19. The molecule has 1 heterocycles. The van der Waals surface area contributed by atoms with E-state index in [4.69, 9.17) is 15.4 Å². The van der Waals surface area contributed by atoms with Gasteiger partial charge in [0.05, 0.1) is 17.6 Å². The Bertz CT molecular complexity index is 383. The van der Waals surface area contributed by atoms with Gasteiger partial charge in [0.2, 0.25) is 9.05 Å². The molecule has 0 aliphatic carbocycles. The predicted octanol–water partition coefficient (Wildman–Crippen LogP) is -0.633. The van der Waals surface area contributed by atoms with Crippen LogP contribution in [0.5, 0.6) is 0 Å². The van der Waals surface area contributed by atoms with Gasteiger partial charge in [-0.2, -0.15) is 0 Å².